The number of nitrogens with one attached hydrogen (secondary N) is 1. The van der Waals surface area contributed by atoms with E-state index >= 15 is 0 Å². The highest BCUT2D eigenvalue weighted by atomic mass is 35.5. The monoisotopic (exact) mass is 514 g/mol. The standard InChI is InChI=1S/C28H32Cl2N2O3/c1-3-12-32-13-11-28(21-5-4-6-24(16-21)35-19(2)33)17-23(9-8-22(28)18-32)31-27(34)15-20-7-10-25(29)26(30)14-20/h3-7,10,14,16,22-23H,1,8-9,11-13,15,17-18H2,2H3,(H,31,34)/t22-,23-,28+/m1/s1. The summed E-state index contributed by atoms with van der Waals surface area (Å²) >= 11 is 12.1. The van der Waals surface area contributed by atoms with Crippen molar-refractivity contribution in [2.75, 3.05) is 19.6 Å². The summed E-state index contributed by atoms with van der Waals surface area (Å²) in [5.74, 6) is 0.683. The molecule has 2 fully saturated rings. The number of carbonyl (C=O) groups is 2. The van der Waals surface area contributed by atoms with Crippen LogP contribution in [0.15, 0.2) is 55.1 Å². The van der Waals surface area contributed by atoms with Crippen LogP contribution < -0.4 is 10.1 Å². The van der Waals surface area contributed by atoms with Gasteiger partial charge in [0.05, 0.1) is 16.5 Å². The van der Waals surface area contributed by atoms with Gasteiger partial charge in [-0.3, -0.25) is 14.5 Å². The third-order valence-electron chi connectivity index (χ3n) is 7.38. The van der Waals surface area contributed by atoms with Gasteiger partial charge in [0.15, 0.2) is 0 Å². The van der Waals surface area contributed by atoms with Crippen LogP contribution in [0, 0.1) is 5.92 Å². The van der Waals surface area contributed by atoms with Gasteiger partial charge >= 0.3 is 5.97 Å². The minimum Gasteiger partial charge on any atom is -0.427 e. The predicted molar refractivity (Wildman–Crippen MR) is 140 cm³/mol. The Hall–Kier alpha value is -2.34. The number of piperidine rings is 1. The normalized spacial score (nSPS) is 24.3. The fourth-order valence-electron chi connectivity index (χ4n) is 5.84. The first kappa shape index (κ1) is 25.7. The third kappa shape index (κ3) is 6.08. The molecule has 0 aromatic heterocycles. The second kappa shape index (κ2) is 11.2. The Morgan fingerprint density at radius 3 is 2.77 bits per heavy atom. The Balaban J connectivity index is 1.54. The van der Waals surface area contributed by atoms with Crippen LogP contribution in [0.3, 0.4) is 0 Å². The van der Waals surface area contributed by atoms with E-state index in [0.29, 0.717) is 21.7 Å². The molecule has 35 heavy (non-hydrogen) atoms. The second-order valence-electron chi connectivity index (χ2n) is 9.74. The molecule has 1 N–H and O–H groups in total. The largest absolute Gasteiger partial charge is 0.427 e. The van der Waals surface area contributed by atoms with E-state index in [1.165, 1.54) is 12.5 Å². The molecule has 1 saturated carbocycles. The van der Waals surface area contributed by atoms with Crippen LogP contribution >= 0.6 is 23.2 Å². The summed E-state index contributed by atoms with van der Waals surface area (Å²) in [6, 6.07) is 13.3. The van der Waals surface area contributed by atoms with Crippen molar-refractivity contribution in [3.63, 3.8) is 0 Å². The first-order chi connectivity index (χ1) is 16.8. The zero-order valence-corrected chi connectivity index (χ0v) is 21.6. The second-order valence-corrected chi connectivity index (χ2v) is 10.6. The van der Waals surface area contributed by atoms with Crippen LogP contribution in [0.4, 0.5) is 0 Å². The van der Waals surface area contributed by atoms with Crippen molar-refractivity contribution in [1.29, 1.82) is 0 Å². The minimum absolute atomic E-state index is 0.0141. The van der Waals surface area contributed by atoms with Crippen molar-refractivity contribution in [1.82, 2.24) is 10.2 Å². The number of esters is 1. The van der Waals surface area contributed by atoms with Crippen molar-refractivity contribution in [2.45, 2.75) is 50.5 Å². The molecule has 0 spiro atoms. The number of benzene rings is 2. The highest BCUT2D eigenvalue weighted by molar-refractivity contribution is 6.42. The highest BCUT2D eigenvalue weighted by Crippen LogP contribution is 2.49. The van der Waals surface area contributed by atoms with Gasteiger partial charge in [-0.2, -0.15) is 0 Å². The Kier molecular flexibility index (Phi) is 8.20. The Labute approximate surface area is 217 Å². The van der Waals surface area contributed by atoms with E-state index in [2.05, 4.69) is 22.9 Å². The predicted octanol–water partition coefficient (Wildman–Crippen LogP) is 5.58. The SMILES string of the molecule is C=CCN1CC[C@@]2(c3cccc(OC(C)=O)c3)C[C@H](NC(=O)Cc3ccc(Cl)c(Cl)c3)CC[C@@H]2C1. The average molecular weight is 515 g/mol. The van der Waals surface area contributed by atoms with Crippen LogP contribution in [0.1, 0.15) is 43.7 Å². The smallest absolute Gasteiger partial charge is 0.308 e. The van der Waals surface area contributed by atoms with Crippen LogP contribution in [-0.2, 0) is 21.4 Å². The molecule has 2 aromatic rings. The number of hydrogen-bond acceptors (Lipinski definition) is 4. The molecular weight excluding hydrogens is 483 g/mol. The Morgan fingerprint density at radius 1 is 1.20 bits per heavy atom. The van der Waals surface area contributed by atoms with Crippen molar-refractivity contribution in [3.05, 3.63) is 76.3 Å². The number of hydrogen-bond donors (Lipinski definition) is 1. The summed E-state index contributed by atoms with van der Waals surface area (Å²) in [6.07, 6.45) is 6.01. The van der Waals surface area contributed by atoms with Gasteiger partial charge in [0.1, 0.15) is 5.75 Å². The maximum atomic E-state index is 12.9. The molecular formula is C28H32Cl2N2O3. The lowest BCUT2D eigenvalue weighted by molar-refractivity contribution is -0.132. The molecule has 186 valence electrons. The highest BCUT2D eigenvalue weighted by Gasteiger charge is 2.48. The lowest BCUT2D eigenvalue weighted by Gasteiger charge is -2.53. The molecule has 0 radical (unpaired) electrons. The number of nitrogens with zero attached hydrogens (tertiary/aromatic N) is 1. The number of amides is 1. The van der Waals surface area contributed by atoms with Crippen molar-refractivity contribution in [3.8, 4) is 5.75 Å². The lowest BCUT2D eigenvalue weighted by atomic mass is 9.58. The number of rotatable bonds is 7. The van der Waals surface area contributed by atoms with Gasteiger partial charge in [-0.15, -0.1) is 6.58 Å². The summed E-state index contributed by atoms with van der Waals surface area (Å²) < 4.78 is 5.41. The molecule has 4 rings (SSSR count). The molecule has 0 unspecified atom stereocenters. The molecule has 5 nitrogen and oxygen atoms in total. The first-order valence-corrected chi connectivity index (χ1v) is 12.9. The Bertz CT molecular complexity index is 1110. The quantitative estimate of drug-likeness (QED) is 0.297. The number of likely N-dealkylation sites (tertiary alicyclic amines) is 1. The summed E-state index contributed by atoms with van der Waals surface area (Å²) in [6.45, 7) is 8.16. The molecule has 3 atom stereocenters. The van der Waals surface area contributed by atoms with Gasteiger partial charge < -0.3 is 10.1 Å². The molecule has 1 aliphatic heterocycles. The zero-order valence-electron chi connectivity index (χ0n) is 20.1. The van der Waals surface area contributed by atoms with Gasteiger partial charge in [0, 0.05) is 31.5 Å². The van der Waals surface area contributed by atoms with E-state index in [-0.39, 0.29) is 29.8 Å². The van der Waals surface area contributed by atoms with E-state index in [1.54, 1.807) is 12.1 Å². The van der Waals surface area contributed by atoms with Crippen LogP contribution in [-0.4, -0.2) is 42.5 Å². The Morgan fingerprint density at radius 2 is 2.03 bits per heavy atom. The topological polar surface area (TPSA) is 58.6 Å². The zero-order chi connectivity index (χ0) is 25.0. The van der Waals surface area contributed by atoms with Gasteiger partial charge in [0.25, 0.3) is 0 Å². The average Bonchev–Trinajstić information content (AvgIpc) is 2.81. The third-order valence-corrected chi connectivity index (χ3v) is 8.12. The summed E-state index contributed by atoms with van der Waals surface area (Å²) in [5.41, 5.74) is 1.93. The van der Waals surface area contributed by atoms with Gasteiger partial charge in [-0.25, -0.2) is 0 Å². The number of fused-ring (bicyclic) bond motifs is 1. The maximum Gasteiger partial charge on any atom is 0.308 e. The van der Waals surface area contributed by atoms with Gasteiger partial charge in [0.2, 0.25) is 5.91 Å². The summed E-state index contributed by atoms with van der Waals surface area (Å²) in [4.78, 5) is 26.9. The number of ether oxygens (including phenoxy) is 1. The molecule has 1 amide bonds. The van der Waals surface area contributed by atoms with E-state index in [9.17, 15) is 9.59 Å². The molecule has 1 heterocycles. The van der Waals surface area contributed by atoms with Crippen molar-refractivity contribution < 1.29 is 14.3 Å². The fraction of sp³-hybridized carbons (Fsp3) is 0.429. The first-order valence-electron chi connectivity index (χ1n) is 12.1. The lowest BCUT2D eigenvalue weighted by Crippen LogP contribution is -2.56. The minimum atomic E-state index is -0.326. The van der Waals surface area contributed by atoms with E-state index < -0.39 is 0 Å². The van der Waals surface area contributed by atoms with Crippen LogP contribution in [0.5, 0.6) is 5.75 Å². The van der Waals surface area contributed by atoms with Crippen molar-refractivity contribution in [2.24, 2.45) is 5.92 Å². The van der Waals surface area contributed by atoms with E-state index in [1.807, 2.05) is 30.3 Å². The van der Waals surface area contributed by atoms with E-state index in [0.717, 1.165) is 50.9 Å². The van der Waals surface area contributed by atoms with Crippen LogP contribution in [0.25, 0.3) is 0 Å². The van der Waals surface area contributed by atoms with Crippen LogP contribution in [0.2, 0.25) is 10.0 Å². The molecule has 1 aliphatic carbocycles. The fourth-order valence-corrected chi connectivity index (χ4v) is 6.16. The number of carbonyl (C=O) groups excluding carboxylic acids is 2. The van der Waals surface area contributed by atoms with Gasteiger partial charge in [-0.05, 0) is 73.5 Å². The summed E-state index contributed by atoms with van der Waals surface area (Å²) in [5, 5.41) is 4.22. The summed E-state index contributed by atoms with van der Waals surface area (Å²) in [7, 11) is 0. The van der Waals surface area contributed by atoms with Gasteiger partial charge in [-0.1, -0.05) is 47.5 Å². The molecule has 2 aromatic carbocycles. The molecule has 7 heteroatoms. The number of halogens is 2. The maximum absolute atomic E-state index is 12.9. The van der Waals surface area contributed by atoms with E-state index in [4.69, 9.17) is 27.9 Å². The molecule has 1 saturated heterocycles. The molecule has 2 aliphatic rings. The van der Waals surface area contributed by atoms with Crippen molar-refractivity contribution >= 4 is 35.1 Å². The molecule has 0 bridgehead atoms.